The van der Waals surface area contributed by atoms with Gasteiger partial charge < -0.3 is 33.8 Å². The molecule has 0 saturated heterocycles. The van der Waals surface area contributed by atoms with Crippen LogP contribution < -0.4 is 0 Å². The lowest BCUT2D eigenvalue weighted by Crippen LogP contribution is -2.30. The quantitative estimate of drug-likeness (QED) is 0.0222. The number of rotatable bonds is 70. The summed E-state index contributed by atoms with van der Waals surface area (Å²) in [5.74, 6) is 0.898. The second-order valence-electron chi connectivity index (χ2n) is 27.8. The van der Waals surface area contributed by atoms with Crippen molar-refractivity contribution in [1.82, 2.24) is 0 Å². The number of phosphoric acid groups is 2. The van der Waals surface area contributed by atoms with Crippen LogP contribution in [0.3, 0.4) is 0 Å². The van der Waals surface area contributed by atoms with Crippen molar-refractivity contribution in [1.29, 1.82) is 0 Å². The molecule has 0 saturated carbocycles. The normalized spacial score (nSPS) is 14.8. The topological polar surface area (TPSA) is 237 Å². The summed E-state index contributed by atoms with van der Waals surface area (Å²) < 4.78 is 68.3. The van der Waals surface area contributed by atoms with Gasteiger partial charge in [0.1, 0.15) is 19.3 Å². The minimum absolute atomic E-state index is 0.102. The van der Waals surface area contributed by atoms with Crippen molar-refractivity contribution in [2.75, 3.05) is 39.6 Å². The van der Waals surface area contributed by atoms with Crippen LogP contribution in [-0.2, 0) is 65.4 Å². The molecule has 4 unspecified atom stereocenters. The first-order chi connectivity index (χ1) is 44.2. The summed E-state index contributed by atoms with van der Waals surface area (Å²) in [4.78, 5) is 72.6. The molecular weight excluding hydrogens is 1210 g/mol. The van der Waals surface area contributed by atoms with Crippen LogP contribution in [0.4, 0.5) is 0 Å². The maximum absolute atomic E-state index is 13.1. The zero-order valence-electron chi connectivity index (χ0n) is 60.2. The van der Waals surface area contributed by atoms with Gasteiger partial charge in [-0.15, -0.1) is 0 Å². The lowest BCUT2D eigenvalue weighted by atomic mass is 9.99. The molecule has 19 heteroatoms. The van der Waals surface area contributed by atoms with Crippen molar-refractivity contribution >= 4 is 39.5 Å². The molecule has 0 aromatic heterocycles. The zero-order chi connectivity index (χ0) is 68.2. The van der Waals surface area contributed by atoms with E-state index in [0.717, 1.165) is 114 Å². The molecule has 7 atom stereocenters. The Morgan fingerprint density at radius 1 is 0.304 bits per heavy atom. The first-order valence-corrected chi connectivity index (χ1v) is 40.8. The number of ether oxygens (including phenoxy) is 4. The van der Waals surface area contributed by atoms with Crippen molar-refractivity contribution < 1.29 is 80.2 Å². The van der Waals surface area contributed by atoms with Crippen LogP contribution in [-0.4, -0.2) is 96.7 Å². The van der Waals surface area contributed by atoms with Crippen LogP contribution in [0.15, 0.2) is 0 Å². The number of phosphoric ester groups is 2. The number of aliphatic hydroxyl groups excluding tert-OH is 1. The molecule has 92 heavy (non-hydrogen) atoms. The molecule has 0 amide bonds. The van der Waals surface area contributed by atoms with Gasteiger partial charge in [-0.1, -0.05) is 312 Å². The van der Waals surface area contributed by atoms with Gasteiger partial charge in [-0.3, -0.25) is 37.3 Å². The smallest absolute Gasteiger partial charge is 0.462 e. The molecule has 0 fully saturated rings. The number of esters is 4. The molecule has 0 aliphatic rings. The van der Waals surface area contributed by atoms with Gasteiger partial charge in [-0.2, -0.15) is 0 Å². The molecular formula is C73H142O17P2. The van der Waals surface area contributed by atoms with Crippen LogP contribution >= 0.6 is 15.6 Å². The highest BCUT2D eigenvalue weighted by atomic mass is 31.2. The van der Waals surface area contributed by atoms with E-state index in [1.807, 2.05) is 0 Å². The van der Waals surface area contributed by atoms with Gasteiger partial charge in [-0.05, 0) is 49.4 Å². The molecule has 0 aliphatic carbocycles. The highest BCUT2D eigenvalue weighted by Crippen LogP contribution is 2.45. The first kappa shape index (κ1) is 90.1. The van der Waals surface area contributed by atoms with Crippen molar-refractivity contribution in [2.45, 2.75) is 382 Å². The average Bonchev–Trinajstić information content (AvgIpc) is 2.54. The van der Waals surface area contributed by atoms with Gasteiger partial charge in [-0.25, -0.2) is 9.13 Å². The monoisotopic (exact) mass is 1350 g/mol. The Hall–Kier alpha value is -1.94. The van der Waals surface area contributed by atoms with E-state index in [-0.39, 0.29) is 25.7 Å². The number of carbonyl (C=O) groups excluding carboxylic acids is 4. The van der Waals surface area contributed by atoms with Crippen LogP contribution in [0.5, 0.6) is 0 Å². The number of hydrogen-bond donors (Lipinski definition) is 3. The Bertz CT molecular complexity index is 1820. The summed E-state index contributed by atoms with van der Waals surface area (Å²) in [7, 11) is -9.91. The molecule has 0 spiro atoms. The van der Waals surface area contributed by atoms with E-state index in [9.17, 15) is 43.2 Å². The summed E-state index contributed by atoms with van der Waals surface area (Å²) in [6, 6.07) is 0. The summed E-state index contributed by atoms with van der Waals surface area (Å²) in [5, 5.41) is 10.6. The summed E-state index contributed by atoms with van der Waals surface area (Å²) in [6.07, 6.45) is 46.0. The SMILES string of the molecule is CCC(C)CCCCCCCCCCCCCCCCC(=O)O[C@H](COC(=O)CCCCCCCCCCCCCCC(C)C)COP(=O)(O)OC[C@@H](O)COP(=O)(O)OC[C@@H](COC(=O)CCCCCCCCC(C)C)OC(=O)CCCCCCCCC(C)CC. The Morgan fingerprint density at radius 3 is 0.772 bits per heavy atom. The molecule has 0 aliphatic heterocycles. The average molecular weight is 1350 g/mol. The first-order valence-electron chi connectivity index (χ1n) is 37.8. The fourth-order valence-electron chi connectivity index (χ4n) is 11.0. The molecule has 0 aromatic carbocycles. The lowest BCUT2D eigenvalue weighted by molar-refractivity contribution is -0.161. The number of hydrogen-bond acceptors (Lipinski definition) is 15. The van der Waals surface area contributed by atoms with Crippen LogP contribution in [0.1, 0.15) is 364 Å². The van der Waals surface area contributed by atoms with Gasteiger partial charge in [0.05, 0.1) is 26.4 Å². The van der Waals surface area contributed by atoms with Crippen molar-refractivity contribution in [3.8, 4) is 0 Å². The van der Waals surface area contributed by atoms with E-state index in [0.29, 0.717) is 31.6 Å². The number of unbranched alkanes of at least 4 members (excludes halogenated alkanes) is 34. The molecule has 0 heterocycles. The van der Waals surface area contributed by atoms with Crippen LogP contribution in [0, 0.1) is 23.7 Å². The van der Waals surface area contributed by atoms with E-state index in [1.54, 1.807) is 0 Å². The predicted molar refractivity (Wildman–Crippen MR) is 372 cm³/mol. The van der Waals surface area contributed by atoms with E-state index in [1.165, 1.54) is 161 Å². The van der Waals surface area contributed by atoms with E-state index in [4.69, 9.17) is 37.0 Å². The van der Waals surface area contributed by atoms with Gasteiger partial charge in [0.25, 0.3) is 0 Å². The van der Waals surface area contributed by atoms with Gasteiger partial charge in [0.15, 0.2) is 12.2 Å². The third kappa shape index (κ3) is 64.1. The molecule has 0 radical (unpaired) electrons. The standard InChI is InChI=1S/C73H142O17P2/c1-9-65(7)51-43-35-26-22-18-13-11-12-14-20-24-28-39-47-55-72(77)89-68(59-83-70(75)53-45-37-27-23-19-16-15-17-21-25-33-41-49-63(3)4)61-87-91(79,80)85-57-67(74)58-86-92(81,82)88-62-69(60-84-71(76)54-46-38-31-29-34-42-50-64(5)6)90-73(78)56-48-40-32-30-36-44-52-66(8)10-2/h63-69,74H,9-62H2,1-8H3,(H,79,80)(H,81,82)/t65?,66?,67-,68-,69-/m1/s1. The Balaban J connectivity index is 5.23. The van der Waals surface area contributed by atoms with E-state index in [2.05, 4.69) is 55.4 Å². The molecule has 17 nitrogen and oxygen atoms in total. The van der Waals surface area contributed by atoms with Gasteiger partial charge in [0.2, 0.25) is 0 Å². The summed E-state index contributed by atoms with van der Waals surface area (Å²) in [5.41, 5.74) is 0. The molecule has 0 aromatic rings. The van der Waals surface area contributed by atoms with Crippen molar-refractivity contribution in [2.24, 2.45) is 23.7 Å². The van der Waals surface area contributed by atoms with Crippen LogP contribution in [0.2, 0.25) is 0 Å². The number of aliphatic hydroxyl groups is 1. The highest BCUT2D eigenvalue weighted by molar-refractivity contribution is 7.47. The largest absolute Gasteiger partial charge is 0.472 e. The van der Waals surface area contributed by atoms with Crippen LogP contribution in [0.25, 0.3) is 0 Å². The Labute approximate surface area is 562 Å². The van der Waals surface area contributed by atoms with Gasteiger partial charge >= 0.3 is 39.5 Å². The second kappa shape index (κ2) is 62.6. The summed E-state index contributed by atoms with van der Waals surface area (Å²) in [6.45, 7) is 14.1. The minimum atomic E-state index is -4.96. The fraction of sp³-hybridized carbons (Fsp3) is 0.945. The third-order valence-corrected chi connectivity index (χ3v) is 19.4. The second-order valence-corrected chi connectivity index (χ2v) is 30.7. The van der Waals surface area contributed by atoms with Gasteiger partial charge in [0, 0.05) is 25.7 Å². The minimum Gasteiger partial charge on any atom is -0.462 e. The number of carbonyl (C=O) groups is 4. The molecule has 546 valence electrons. The van der Waals surface area contributed by atoms with Crippen molar-refractivity contribution in [3.05, 3.63) is 0 Å². The fourth-order valence-corrected chi connectivity index (χ4v) is 12.5. The summed E-state index contributed by atoms with van der Waals surface area (Å²) >= 11 is 0. The molecule has 3 N–H and O–H groups in total. The third-order valence-electron chi connectivity index (χ3n) is 17.5. The predicted octanol–water partition coefficient (Wildman–Crippen LogP) is 20.9. The molecule has 0 bridgehead atoms. The molecule has 0 rings (SSSR count). The van der Waals surface area contributed by atoms with Crippen molar-refractivity contribution in [3.63, 3.8) is 0 Å². The maximum atomic E-state index is 13.1. The highest BCUT2D eigenvalue weighted by Gasteiger charge is 2.30. The Kier molecular flexibility index (Phi) is 61.3. The van der Waals surface area contributed by atoms with E-state index >= 15 is 0 Å². The Morgan fingerprint density at radius 2 is 0.522 bits per heavy atom. The maximum Gasteiger partial charge on any atom is 0.472 e. The lowest BCUT2D eigenvalue weighted by Gasteiger charge is -2.21. The van der Waals surface area contributed by atoms with E-state index < -0.39 is 97.5 Å². The zero-order valence-corrected chi connectivity index (χ0v) is 62.0.